The smallest absolute Gasteiger partial charge is 0.270 e. The Morgan fingerprint density at radius 1 is 0.596 bits per heavy atom. The Labute approximate surface area is 558 Å². The van der Waals surface area contributed by atoms with Gasteiger partial charge in [0.1, 0.15) is 5.75 Å². The van der Waals surface area contributed by atoms with E-state index < -0.39 is 0 Å². The first kappa shape index (κ1) is 72.3. The van der Waals surface area contributed by atoms with Gasteiger partial charge in [-0.1, -0.05) is 138 Å². The third-order valence-electron chi connectivity index (χ3n) is 17.5. The van der Waals surface area contributed by atoms with Gasteiger partial charge in [0.25, 0.3) is 5.69 Å². The number of Topliss-reactive ketones (excluding diaryl/α,β-unsaturated/α-hetero) is 1. The first-order valence-corrected chi connectivity index (χ1v) is 33.3. The van der Waals surface area contributed by atoms with Gasteiger partial charge in [-0.05, 0) is 202 Å². The van der Waals surface area contributed by atoms with Gasteiger partial charge in [0.2, 0.25) is 0 Å². The van der Waals surface area contributed by atoms with E-state index in [1.54, 1.807) is 48.5 Å². The van der Waals surface area contributed by atoms with E-state index in [0.29, 0.717) is 30.1 Å². The summed E-state index contributed by atoms with van der Waals surface area (Å²) in [5, 5.41) is 94.4. The number of carbonyl (C=O) groups excluding carboxylic acids is 1. The Kier molecular flexibility index (Phi) is 24.7. The average Bonchev–Trinajstić information content (AvgIpc) is 1.53. The average molecular weight is 1300 g/mol. The summed E-state index contributed by atoms with van der Waals surface area (Å²) < 4.78 is 5.66. The molecule has 0 amide bonds. The molecule has 1 spiro atoms. The minimum absolute atomic E-state index is 0.0965. The first-order chi connectivity index (χ1) is 44.5. The van der Waals surface area contributed by atoms with E-state index in [1.807, 2.05) is 103 Å². The van der Waals surface area contributed by atoms with Crippen LogP contribution in [0.5, 0.6) is 51.7 Å². The highest BCUT2D eigenvalue weighted by atomic mass is 32.1. The summed E-state index contributed by atoms with van der Waals surface area (Å²) >= 11 is 1.49. The Morgan fingerprint density at radius 3 is 1.54 bits per heavy atom. The molecule has 1 heterocycles. The number of ether oxygens (including phenoxy) is 1. The van der Waals surface area contributed by atoms with Crippen molar-refractivity contribution in [3.63, 3.8) is 0 Å². The van der Waals surface area contributed by atoms with E-state index in [9.17, 15) is 55.8 Å². The Bertz CT molecular complexity index is 3700. The molecule has 10 rings (SSSR count). The first-order valence-electron chi connectivity index (χ1n) is 32.5. The molecule has 0 saturated heterocycles. The molecule has 2 unspecified atom stereocenters. The lowest BCUT2D eigenvalue weighted by Crippen LogP contribution is -2.31. The number of para-hydroxylation sites is 1. The van der Waals surface area contributed by atoms with Crippen molar-refractivity contribution in [1.29, 1.82) is 0 Å². The van der Waals surface area contributed by atoms with Gasteiger partial charge in [-0.2, -0.15) is 0 Å². The van der Waals surface area contributed by atoms with Crippen molar-refractivity contribution in [3.8, 4) is 51.7 Å². The van der Waals surface area contributed by atoms with Crippen LogP contribution in [-0.4, -0.2) is 71.3 Å². The quantitative estimate of drug-likeness (QED) is 0.0101. The minimum Gasteiger partial charge on any atom is -0.504 e. The van der Waals surface area contributed by atoms with Gasteiger partial charge >= 0.3 is 0 Å². The second-order valence-electron chi connectivity index (χ2n) is 27.3. The summed E-state index contributed by atoms with van der Waals surface area (Å²) in [6, 6.07) is 43.0. The number of phenolic OH excluding ortho intramolecular Hbond substituents is 8. The number of aromatic hydroxyl groups is 8. The van der Waals surface area contributed by atoms with Gasteiger partial charge in [0.05, 0.1) is 16.4 Å². The second kappa shape index (κ2) is 32.1. The normalized spacial score (nSPS) is 14.4. The summed E-state index contributed by atoms with van der Waals surface area (Å²) in [5.74, 6) is 1.93. The van der Waals surface area contributed by atoms with Crippen molar-refractivity contribution in [3.05, 3.63) is 217 Å². The molecule has 0 saturated carbocycles. The number of unbranched alkanes of at least 4 members (excludes halogenated alkanes) is 2. The highest BCUT2D eigenvalue weighted by Crippen LogP contribution is 2.64. The van der Waals surface area contributed by atoms with Crippen LogP contribution in [0.2, 0.25) is 0 Å². The van der Waals surface area contributed by atoms with Crippen molar-refractivity contribution in [2.24, 2.45) is 23.7 Å². The SMILES string of the molecule is CC(C)CN(CC(C)C)c1ccc([N+](=O)[O-])cc1/C=C/Nc1ccccc1.CC(Cc1ccc(O)c(O)c1)C(C)Cc1ccc(O)c(O)c1.CC1(C)CC2(CC(C)(C)c3cc(O)c(O)cc32)c2cc(O)c(O)cc21.CCCCCOc1ccc(CC(=O)c2cccs2)cc1. The predicted octanol–water partition coefficient (Wildman–Crippen LogP) is 18.3. The van der Waals surface area contributed by atoms with E-state index in [0.717, 1.165) is 118 Å². The Hall–Kier alpha value is -9.15. The van der Waals surface area contributed by atoms with E-state index in [2.05, 4.69) is 86.4 Å². The monoisotopic (exact) mass is 1300 g/mol. The predicted molar refractivity (Wildman–Crippen MR) is 379 cm³/mol. The number of hydrogen-bond acceptors (Lipinski definition) is 15. The molecule has 8 aromatic rings. The van der Waals surface area contributed by atoms with Crippen LogP contribution < -0.4 is 15.0 Å². The summed E-state index contributed by atoms with van der Waals surface area (Å²) in [7, 11) is 0. The second-order valence-corrected chi connectivity index (χ2v) is 28.2. The largest absolute Gasteiger partial charge is 0.504 e. The molecule has 0 radical (unpaired) electrons. The molecule has 2 atom stereocenters. The maximum Gasteiger partial charge on any atom is 0.270 e. The Morgan fingerprint density at radius 2 is 1.09 bits per heavy atom. The lowest BCUT2D eigenvalue weighted by Gasteiger charge is -2.30. The lowest BCUT2D eigenvalue weighted by molar-refractivity contribution is -0.384. The highest BCUT2D eigenvalue weighted by Gasteiger charge is 2.57. The van der Waals surface area contributed by atoms with E-state index in [1.165, 1.54) is 36.3 Å². The van der Waals surface area contributed by atoms with Crippen LogP contribution in [0.15, 0.2) is 157 Å². The summed E-state index contributed by atoms with van der Waals surface area (Å²) in [6.07, 6.45) is 10.9. The topological polar surface area (TPSA) is 247 Å². The number of thiophene rings is 1. The summed E-state index contributed by atoms with van der Waals surface area (Å²) in [5.41, 5.74) is 9.28. The van der Waals surface area contributed by atoms with Crippen molar-refractivity contribution in [2.45, 2.75) is 144 Å². The molecule has 7 aromatic carbocycles. The number of fused-ring (bicyclic) bond motifs is 4. The molecule has 15 nitrogen and oxygen atoms in total. The van der Waals surface area contributed by atoms with Crippen LogP contribution in [-0.2, 0) is 35.5 Å². The molecule has 16 heteroatoms. The van der Waals surface area contributed by atoms with Crippen molar-refractivity contribution < 1.29 is 55.3 Å². The fourth-order valence-electron chi connectivity index (χ4n) is 12.8. The molecule has 0 bridgehead atoms. The molecular weight excluding hydrogens is 1200 g/mol. The zero-order valence-electron chi connectivity index (χ0n) is 56.2. The van der Waals surface area contributed by atoms with Gasteiger partial charge in [0.15, 0.2) is 51.8 Å². The molecule has 0 aliphatic heterocycles. The fraction of sp³-hybridized carbons (Fsp3) is 0.372. The lowest BCUT2D eigenvalue weighted by atomic mass is 9.72. The number of nitrogens with zero attached hydrogens (tertiary/aromatic N) is 2. The van der Waals surface area contributed by atoms with Crippen LogP contribution in [0.1, 0.15) is 162 Å². The minimum atomic E-state index is -0.353. The number of ketones is 1. The van der Waals surface area contributed by atoms with E-state index in [-0.39, 0.29) is 78.6 Å². The van der Waals surface area contributed by atoms with Crippen molar-refractivity contribution in [2.75, 3.05) is 29.9 Å². The molecule has 94 heavy (non-hydrogen) atoms. The van der Waals surface area contributed by atoms with Gasteiger partial charge < -0.3 is 55.8 Å². The maximum atomic E-state index is 12.0. The van der Waals surface area contributed by atoms with Gasteiger partial charge in [0, 0.05) is 60.2 Å². The molecule has 9 N–H and O–H groups in total. The van der Waals surface area contributed by atoms with E-state index in [4.69, 9.17) is 4.74 Å². The van der Waals surface area contributed by atoms with E-state index >= 15 is 0 Å². The number of nitrogens with one attached hydrogen (secondary N) is 1. The number of non-ortho nitro benzene ring substituents is 1. The van der Waals surface area contributed by atoms with Crippen LogP contribution >= 0.6 is 11.3 Å². The van der Waals surface area contributed by atoms with Gasteiger partial charge in [-0.15, -0.1) is 11.3 Å². The number of benzene rings is 7. The third kappa shape index (κ3) is 19.0. The molecule has 1 aromatic heterocycles. The van der Waals surface area contributed by atoms with Crippen LogP contribution in [0.25, 0.3) is 6.08 Å². The van der Waals surface area contributed by atoms with Gasteiger partial charge in [-0.3, -0.25) is 14.9 Å². The molecule has 500 valence electrons. The van der Waals surface area contributed by atoms with Crippen LogP contribution in [0, 0.1) is 33.8 Å². The van der Waals surface area contributed by atoms with Crippen LogP contribution in [0.4, 0.5) is 17.1 Å². The number of hydrogen-bond donors (Lipinski definition) is 9. The molecule has 0 fully saturated rings. The molecule has 2 aliphatic carbocycles. The van der Waals surface area contributed by atoms with Crippen LogP contribution in [0.3, 0.4) is 0 Å². The molecular formula is C78H95N3O12S. The van der Waals surface area contributed by atoms with Gasteiger partial charge in [-0.25, -0.2) is 0 Å². The third-order valence-corrected chi connectivity index (χ3v) is 18.4. The van der Waals surface area contributed by atoms with Crippen molar-refractivity contribution in [1.82, 2.24) is 0 Å². The standard InChI is InChI=1S/C22H29N3O2.C21H24O4.C18H22O4.C17H20O2S/c1-17(2)15-24(16-18(3)4)22-11-10-21(25(26)27)14-19(22)12-13-23-20-8-6-5-7-9-20;1-19(2)9-21(13-7-17(24)15(22)5-11(13)19)10-20(3,4)12-6-16(23)18(25)8-14(12)21;1-11(7-13-3-5-15(19)17(21)9-13)12(2)8-14-4-6-16(20)18(22)10-14;1-2-3-4-11-19-15-9-7-14(8-10-15)13-16(18)17-6-5-12-20-17/h5-14,17-18,23H,15-16H2,1-4H3;5-8,22-25H,9-10H2,1-4H3;3-6,9-12,19-22H,7-8H2,1-2H3;5-10,12H,2-4,11,13H2,1H3/b13-12+;;;. The highest BCUT2D eigenvalue weighted by molar-refractivity contribution is 7.12. The number of rotatable bonds is 22. The zero-order chi connectivity index (χ0) is 68.7. The number of phenols is 8. The number of nitro groups is 1. The number of nitro benzene ring substituents is 1. The Balaban J connectivity index is 0.000000178. The summed E-state index contributed by atoms with van der Waals surface area (Å²) in [6.45, 7) is 26.3. The number of anilines is 2. The summed E-state index contributed by atoms with van der Waals surface area (Å²) in [4.78, 5) is 26.0. The zero-order valence-corrected chi connectivity index (χ0v) is 57.0. The molecule has 2 aliphatic rings. The van der Waals surface area contributed by atoms with Crippen molar-refractivity contribution >= 4 is 40.3 Å². The fourth-order valence-corrected chi connectivity index (χ4v) is 13.5. The number of carbonyl (C=O) groups is 1. The maximum absolute atomic E-state index is 12.0.